The van der Waals surface area contributed by atoms with Crippen molar-refractivity contribution in [2.24, 2.45) is 0 Å². The minimum Gasteiger partial charge on any atom is -0.545 e. The van der Waals surface area contributed by atoms with Crippen LogP contribution in [0.1, 0.15) is 147 Å². The highest BCUT2D eigenvalue weighted by Gasteiger charge is 2.20. The van der Waals surface area contributed by atoms with Crippen LogP contribution < -0.4 is 10.8 Å². The summed E-state index contributed by atoms with van der Waals surface area (Å²) in [7, 11) is 2.56. The van der Waals surface area contributed by atoms with E-state index in [4.69, 9.17) is 5.73 Å². The van der Waals surface area contributed by atoms with Crippen molar-refractivity contribution in [1.29, 1.82) is 0 Å². The Bertz CT molecular complexity index is 592. The number of para-hydroxylation sites is 1. The van der Waals surface area contributed by atoms with E-state index in [0.717, 1.165) is 0 Å². The molecule has 0 aliphatic heterocycles. The molecule has 0 radical (unpaired) electrons. The van der Waals surface area contributed by atoms with E-state index in [0.29, 0.717) is 0 Å². The van der Waals surface area contributed by atoms with Gasteiger partial charge >= 0.3 is 0 Å². The Balaban J connectivity index is 0.00000101. The molecule has 0 aliphatic rings. The minimum absolute atomic E-state index is 0.0440. The first-order chi connectivity index (χ1) is 17.4. The van der Waals surface area contributed by atoms with Crippen LogP contribution in [-0.4, -0.2) is 37.1 Å². The van der Waals surface area contributed by atoms with E-state index >= 15 is 0 Å². The fraction of sp³-hybridized carbons (Fsp3) is 0.781. The smallest absolute Gasteiger partial charge is 0.0784 e. The number of quaternary nitrogens is 1. The van der Waals surface area contributed by atoms with E-state index in [1.54, 1.807) is 12.1 Å². The van der Waals surface area contributed by atoms with E-state index in [1.165, 1.54) is 152 Å². The van der Waals surface area contributed by atoms with Crippen LogP contribution in [0.5, 0.6) is 0 Å². The number of carbonyl (C=O) groups excluding carboxylic acids is 1. The molecule has 0 saturated carbocycles. The van der Waals surface area contributed by atoms with Crippen molar-refractivity contribution in [3.05, 3.63) is 29.8 Å². The summed E-state index contributed by atoms with van der Waals surface area (Å²) in [6.07, 6.45) is 25.9. The van der Waals surface area contributed by atoms with Crippen LogP contribution in [0, 0.1) is 0 Å². The van der Waals surface area contributed by atoms with Crippen molar-refractivity contribution in [3.8, 4) is 0 Å². The molecule has 1 aromatic rings. The summed E-state index contributed by atoms with van der Waals surface area (Å²) in [6, 6.07) is 6.19. The van der Waals surface area contributed by atoms with Crippen LogP contribution in [0.25, 0.3) is 0 Å². The Kier molecular flexibility index (Phi) is 22.8. The topological polar surface area (TPSA) is 66.2 Å². The van der Waals surface area contributed by atoms with E-state index < -0.39 is 5.97 Å². The minimum atomic E-state index is -1.24. The second kappa shape index (κ2) is 23.8. The summed E-state index contributed by atoms with van der Waals surface area (Å²) in [5.74, 6) is -1.24. The van der Waals surface area contributed by atoms with Crippen molar-refractivity contribution in [3.63, 3.8) is 0 Å². The van der Waals surface area contributed by atoms with Gasteiger partial charge in [-0.15, -0.1) is 0 Å². The van der Waals surface area contributed by atoms with Gasteiger partial charge < -0.3 is 20.1 Å². The van der Waals surface area contributed by atoms with Crippen LogP contribution in [0.3, 0.4) is 0 Å². The number of carboxylic acids is 1. The average Bonchev–Trinajstić information content (AvgIpc) is 2.86. The third kappa shape index (κ3) is 19.6. The predicted molar refractivity (Wildman–Crippen MR) is 156 cm³/mol. The Hall–Kier alpha value is -1.55. The molecule has 1 aromatic carbocycles. The highest BCUT2D eigenvalue weighted by atomic mass is 16.4. The van der Waals surface area contributed by atoms with Crippen LogP contribution in [-0.2, 0) is 0 Å². The summed E-state index contributed by atoms with van der Waals surface area (Å²) in [4.78, 5) is 10.2. The van der Waals surface area contributed by atoms with Crippen molar-refractivity contribution >= 4 is 11.7 Å². The predicted octanol–water partition coefficient (Wildman–Crippen LogP) is 8.15. The fourth-order valence-electron chi connectivity index (χ4n) is 4.84. The van der Waals surface area contributed by atoms with E-state index in [2.05, 4.69) is 27.8 Å². The summed E-state index contributed by atoms with van der Waals surface area (Å²) < 4.78 is 1.36. The first-order valence-electron chi connectivity index (χ1n) is 15.3. The van der Waals surface area contributed by atoms with Gasteiger partial charge in [-0.05, 0) is 44.6 Å². The molecule has 0 fully saturated rings. The molecule has 4 heteroatoms. The zero-order chi connectivity index (χ0) is 26.9. The first-order valence-corrected chi connectivity index (χ1v) is 15.3. The summed E-state index contributed by atoms with van der Waals surface area (Å²) >= 11 is 0. The van der Waals surface area contributed by atoms with Gasteiger partial charge in [-0.3, -0.25) is 0 Å². The number of rotatable bonds is 22. The quantitative estimate of drug-likeness (QED) is 0.0984. The lowest BCUT2D eigenvalue weighted by atomic mass is 10.1. The number of benzene rings is 1. The molecule has 0 aliphatic carbocycles. The SMILES string of the molecule is CCCCCCCC[N+](C)(CCCCCCCC)CCCCCCCC.Nc1ccccc1C(=O)[O-]. The van der Waals surface area contributed by atoms with Gasteiger partial charge in [0.15, 0.2) is 0 Å². The maximum Gasteiger partial charge on any atom is 0.0784 e. The molecule has 36 heavy (non-hydrogen) atoms. The molecule has 0 heterocycles. The Morgan fingerprint density at radius 2 is 0.972 bits per heavy atom. The molecule has 0 unspecified atom stereocenters. The van der Waals surface area contributed by atoms with Crippen molar-refractivity contribution in [2.75, 3.05) is 32.4 Å². The van der Waals surface area contributed by atoms with Gasteiger partial charge in [-0.25, -0.2) is 0 Å². The number of nitrogen functional groups attached to an aromatic ring is 1. The molecular formula is C32H60N2O2. The van der Waals surface area contributed by atoms with E-state index in [9.17, 15) is 9.90 Å². The normalized spacial score (nSPS) is 11.2. The number of anilines is 1. The summed E-state index contributed by atoms with van der Waals surface area (Å²) in [5.41, 5.74) is 5.58. The lowest BCUT2D eigenvalue weighted by molar-refractivity contribution is -0.910. The van der Waals surface area contributed by atoms with Crippen molar-refractivity contribution < 1.29 is 14.4 Å². The largest absolute Gasteiger partial charge is 0.545 e. The number of nitrogens with two attached hydrogens (primary N) is 1. The molecule has 1 rings (SSSR count). The van der Waals surface area contributed by atoms with Crippen LogP contribution >= 0.6 is 0 Å². The number of hydrogen-bond acceptors (Lipinski definition) is 3. The lowest BCUT2D eigenvalue weighted by Crippen LogP contribution is -2.46. The third-order valence-electron chi connectivity index (χ3n) is 7.34. The Labute approximate surface area is 224 Å². The lowest BCUT2D eigenvalue weighted by Gasteiger charge is -2.35. The number of nitrogens with zero attached hydrogens (tertiary/aromatic N) is 1. The molecule has 0 atom stereocenters. The van der Waals surface area contributed by atoms with Gasteiger partial charge in [0.25, 0.3) is 0 Å². The number of hydrogen-bond donors (Lipinski definition) is 1. The standard InChI is InChI=1S/C25H54N.C7H7NO2/c1-5-8-11-14-17-20-23-26(4,24-21-18-15-12-9-6-2)25-22-19-16-13-10-7-3;8-6-4-2-1-3-5(6)7(9)10/h5-25H2,1-4H3;1-4H,8H2,(H,9,10)/q+1;/p-1. The third-order valence-corrected chi connectivity index (χ3v) is 7.34. The maximum atomic E-state index is 10.2. The van der Waals surface area contributed by atoms with Gasteiger partial charge in [-0.2, -0.15) is 0 Å². The van der Waals surface area contributed by atoms with Gasteiger partial charge in [0.05, 0.1) is 32.7 Å². The molecule has 0 amide bonds. The van der Waals surface area contributed by atoms with Crippen LogP contribution in [0.15, 0.2) is 24.3 Å². The van der Waals surface area contributed by atoms with E-state index in [-0.39, 0.29) is 11.3 Å². The fourth-order valence-corrected chi connectivity index (χ4v) is 4.84. The second-order valence-electron chi connectivity index (χ2n) is 11.0. The van der Waals surface area contributed by atoms with Gasteiger partial charge in [-0.1, -0.05) is 116 Å². The molecule has 4 nitrogen and oxygen atoms in total. The Morgan fingerprint density at radius 3 is 1.28 bits per heavy atom. The highest BCUT2D eigenvalue weighted by molar-refractivity contribution is 5.91. The molecular weight excluding hydrogens is 444 g/mol. The van der Waals surface area contributed by atoms with Crippen molar-refractivity contribution in [1.82, 2.24) is 0 Å². The van der Waals surface area contributed by atoms with Gasteiger partial charge in [0.1, 0.15) is 0 Å². The molecule has 0 bridgehead atoms. The maximum absolute atomic E-state index is 10.2. The number of carboxylic acid groups (broad SMARTS) is 1. The highest BCUT2D eigenvalue weighted by Crippen LogP contribution is 2.16. The zero-order valence-corrected chi connectivity index (χ0v) is 24.5. The monoisotopic (exact) mass is 504 g/mol. The molecule has 0 spiro atoms. The second-order valence-corrected chi connectivity index (χ2v) is 11.0. The Morgan fingerprint density at radius 1 is 0.639 bits per heavy atom. The molecule has 0 aromatic heterocycles. The average molecular weight is 505 g/mol. The van der Waals surface area contributed by atoms with Crippen molar-refractivity contribution in [2.45, 2.75) is 136 Å². The van der Waals surface area contributed by atoms with Crippen LogP contribution in [0.2, 0.25) is 0 Å². The van der Waals surface area contributed by atoms with Gasteiger partial charge in [0.2, 0.25) is 0 Å². The van der Waals surface area contributed by atoms with Crippen LogP contribution in [0.4, 0.5) is 5.69 Å². The first kappa shape index (κ1) is 34.5. The van der Waals surface area contributed by atoms with E-state index in [1.807, 2.05) is 0 Å². The number of aromatic carboxylic acids is 1. The molecule has 2 N–H and O–H groups in total. The number of unbranched alkanes of at least 4 members (excludes halogenated alkanes) is 15. The zero-order valence-electron chi connectivity index (χ0n) is 24.5. The number of carbonyl (C=O) groups is 1. The van der Waals surface area contributed by atoms with Gasteiger partial charge in [0, 0.05) is 11.3 Å². The summed E-state index contributed by atoms with van der Waals surface area (Å²) in [5, 5.41) is 10.2. The summed E-state index contributed by atoms with van der Waals surface area (Å²) in [6.45, 7) is 11.2. The molecule has 0 saturated heterocycles. The molecule has 210 valence electrons.